The molecule has 102 valence electrons. The van der Waals surface area contributed by atoms with Crippen molar-refractivity contribution in [2.75, 3.05) is 7.11 Å². The van der Waals surface area contributed by atoms with Crippen LogP contribution in [0, 0.1) is 0 Å². The molecule has 0 aliphatic rings. The third kappa shape index (κ3) is 2.77. The van der Waals surface area contributed by atoms with Crippen molar-refractivity contribution in [2.45, 2.75) is 0 Å². The molecule has 20 heavy (non-hydrogen) atoms. The molecule has 0 aliphatic heterocycles. The van der Waals surface area contributed by atoms with Gasteiger partial charge >= 0.3 is 12.1 Å². The molecule has 0 atom stereocenters. The fraction of sp³-hybridized carbons (Fsp3) is 0.0667. The van der Waals surface area contributed by atoms with Crippen molar-refractivity contribution in [2.24, 2.45) is 0 Å². The summed E-state index contributed by atoms with van der Waals surface area (Å²) in [5.41, 5.74) is 0. The smallest absolute Gasteiger partial charge is 0.437 e. The zero-order valence-electron chi connectivity index (χ0n) is 10.8. The molecule has 0 fully saturated rings. The molecule has 0 unspecified atom stereocenters. The Morgan fingerprint density at radius 1 is 1.00 bits per heavy atom. The van der Waals surface area contributed by atoms with Crippen LogP contribution in [0.5, 0.6) is 11.5 Å². The van der Waals surface area contributed by atoms with Gasteiger partial charge in [0.1, 0.15) is 11.5 Å². The molecule has 5 heteroatoms. The van der Waals surface area contributed by atoms with Crippen LogP contribution in [0.25, 0.3) is 10.8 Å². The largest absolute Gasteiger partial charge is 0.513 e. The van der Waals surface area contributed by atoms with Crippen LogP contribution >= 0.6 is 0 Å². The lowest BCUT2D eigenvalue weighted by Gasteiger charge is -2.10. The Bertz CT molecular complexity index is 675. The lowest BCUT2D eigenvalue weighted by atomic mass is 10.1. The zero-order valence-corrected chi connectivity index (χ0v) is 10.8. The molecule has 0 N–H and O–H groups in total. The number of carbonyl (C=O) groups is 2. The molecule has 0 radical (unpaired) electrons. The Morgan fingerprint density at radius 3 is 2.05 bits per heavy atom. The number of carbonyl (C=O) groups excluding carboxylic acids is 2. The second-order valence-corrected chi connectivity index (χ2v) is 3.79. The molecule has 0 amide bonds. The average molecular weight is 272 g/mol. The maximum Gasteiger partial charge on any atom is 0.513 e. The van der Waals surface area contributed by atoms with Crippen molar-refractivity contribution >= 4 is 22.9 Å². The summed E-state index contributed by atoms with van der Waals surface area (Å²) >= 11 is 0. The van der Waals surface area contributed by atoms with Gasteiger partial charge in [-0.05, 0) is 12.1 Å². The Kier molecular flexibility index (Phi) is 4.00. The zero-order chi connectivity index (χ0) is 14.5. The highest BCUT2D eigenvalue weighted by atomic mass is 16.7. The van der Waals surface area contributed by atoms with Gasteiger partial charge in [-0.15, -0.1) is 0 Å². The van der Waals surface area contributed by atoms with Gasteiger partial charge in [0, 0.05) is 16.8 Å². The van der Waals surface area contributed by atoms with Crippen LogP contribution in [0.3, 0.4) is 0 Å². The lowest BCUT2D eigenvalue weighted by molar-refractivity contribution is -0.128. The minimum absolute atomic E-state index is 0.325. The van der Waals surface area contributed by atoms with E-state index in [0.29, 0.717) is 22.3 Å². The first kappa shape index (κ1) is 13.6. The van der Waals surface area contributed by atoms with Crippen LogP contribution in [-0.4, -0.2) is 19.2 Å². The van der Waals surface area contributed by atoms with Crippen LogP contribution in [0.2, 0.25) is 0 Å². The first-order valence-corrected chi connectivity index (χ1v) is 5.77. The van der Waals surface area contributed by atoms with E-state index < -0.39 is 12.1 Å². The van der Waals surface area contributed by atoms with Crippen molar-refractivity contribution in [1.29, 1.82) is 0 Å². The summed E-state index contributed by atoms with van der Waals surface area (Å²) in [6.45, 7) is 3.34. The van der Waals surface area contributed by atoms with Crippen LogP contribution in [-0.2, 0) is 9.53 Å². The average Bonchev–Trinajstić information content (AvgIpc) is 2.49. The minimum Gasteiger partial charge on any atom is -0.437 e. The Balaban J connectivity index is 2.49. The molecule has 0 saturated heterocycles. The van der Waals surface area contributed by atoms with E-state index in [-0.39, 0.29) is 0 Å². The van der Waals surface area contributed by atoms with Gasteiger partial charge in [0.2, 0.25) is 0 Å². The molecule has 0 bridgehead atoms. The van der Waals surface area contributed by atoms with Gasteiger partial charge in [-0.25, -0.2) is 9.59 Å². The Morgan fingerprint density at radius 2 is 1.55 bits per heavy atom. The Labute approximate surface area is 115 Å². The van der Waals surface area contributed by atoms with E-state index >= 15 is 0 Å². The van der Waals surface area contributed by atoms with Gasteiger partial charge in [-0.2, -0.15) is 0 Å². The number of hydrogen-bond acceptors (Lipinski definition) is 5. The summed E-state index contributed by atoms with van der Waals surface area (Å²) in [6, 6.07) is 10.2. The number of esters is 1. The molecular weight excluding hydrogens is 260 g/mol. The molecule has 5 nitrogen and oxygen atoms in total. The summed E-state index contributed by atoms with van der Waals surface area (Å²) in [5.74, 6) is 0.130. The van der Waals surface area contributed by atoms with E-state index in [0.717, 1.165) is 6.08 Å². The fourth-order valence-electron chi connectivity index (χ4n) is 1.70. The SMILES string of the molecule is C=CC(=O)Oc1ccc(OC(=O)OC)c2ccccc12. The van der Waals surface area contributed by atoms with Crippen LogP contribution in [0.15, 0.2) is 49.1 Å². The first-order chi connectivity index (χ1) is 9.65. The highest BCUT2D eigenvalue weighted by Crippen LogP contribution is 2.33. The van der Waals surface area contributed by atoms with E-state index in [9.17, 15) is 9.59 Å². The number of rotatable bonds is 3. The third-order valence-corrected chi connectivity index (χ3v) is 2.58. The fourth-order valence-corrected chi connectivity index (χ4v) is 1.70. The molecular formula is C15H12O5. The maximum atomic E-state index is 11.3. The van der Waals surface area contributed by atoms with Gasteiger partial charge in [-0.3, -0.25) is 0 Å². The number of hydrogen-bond donors (Lipinski definition) is 0. The van der Waals surface area contributed by atoms with Crippen molar-refractivity contribution in [3.8, 4) is 11.5 Å². The van der Waals surface area contributed by atoms with Crippen LogP contribution in [0.4, 0.5) is 4.79 Å². The predicted octanol–water partition coefficient (Wildman–Crippen LogP) is 3.08. The summed E-state index contributed by atoms with van der Waals surface area (Å²) in [4.78, 5) is 22.5. The number of fused-ring (bicyclic) bond motifs is 1. The Hall–Kier alpha value is -2.82. The first-order valence-electron chi connectivity index (χ1n) is 5.77. The number of ether oxygens (including phenoxy) is 3. The number of methoxy groups -OCH3 is 1. The van der Waals surface area contributed by atoms with Gasteiger partial charge in [0.05, 0.1) is 7.11 Å². The van der Waals surface area contributed by atoms with Gasteiger partial charge in [0.25, 0.3) is 0 Å². The molecule has 2 rings (SSSR count). The highest BCUT2D eigenvalue weighted by Gasteiger charge is 2.12. The van der Waals surface area contributed by atoms with Crippen molar-refractivity contribution in [3.05, 3.63) is 49.1 Å². The monoisotopic (exact) mass is 272 g/mol. The molecule has 0 spiro atoms. The normalized spacial score (nSPS) is 9.85. The molecule has 2 aromatic carbocycles. The summed E-state index contributed by atoms with van der Waals surface area (Å²) in [5, 5.41) is 1.27. The molecule has 2 aromatic rings. The van der Waals surface area contributed by atoms with Crippen molar-refractivity contribution in [1.82, 2.24) is 0 Å². The number of benzene rings is 2. The minimum atomic E-state index is -0.814. The molecule has 0 aliphatic carbocycles. The molecule has 0 saturated carbocycles. The molecule has 0 aromatic heterocycles. The van der Waals surface area contributed by atoms with Crippen molar-refractivity contribution in [3.63, 3.8) is 0 Å². The summed E-state index contributed by atoms with van der Waals surface area (Å²) < 4.78 is 14.6. The van der Waals surface area contributed by atoms with Gasteiger partial charge in [0.15, 0.2) is 0 Å². The van der Waals surface area contributed by atoms with Gasteiger partial charge in [-0.1, -0.05) is 30.8 Å². The second-order valence-electron chi connectivity index (χ2n) is 3.79. The van der Waals surface area contributed by atoms with E-state index in [2.05, 4.69) is 11.3 Å². The second kappa shape index (κ2) is 5.88. The maximum absolute atomic E-state index is 11.3. The van der Waals surface area contributed by atoms with Crippen LogP contribution in [0.1, 0.15) is 0 Å². The quantitative estimate of drug-likeness (QED) is 0.372. The standard InChI is InChI=1S/C15H12O5/c1-3-14(16)19-12-8-9-13(20-15(17)18-2)11-7-5-4-6-10(11)12/h3-9H,1H2,2H3. The van der Waals surface area contributed by atoms with Crippen molar-refractivity contribution < 1.29 is 23.8 Å². The van der Waals surface area contributed by atoms with E-state index in [1.165, 1.54) is 13.2 Å². The summed E-state index contributed by atoms with van der Waals surface area (Å²) in [6.07, 6.45) is 0.263. The molecule has 0 heterocycles. The highest BCUT2D eigenvalue weighted by molar-refractivity contribution is 5.96. The van der Waals surface area contributed by atoms with Crippen LogP contribution < -0.4 is 9.47 Å². The van der Waals surface area contributed by atoms with Gasteiger partial charge < -0.3 is 14.2 Å². The topological polar surface area (TPSA) is 61.8 Å². The lowest BCUT2D eigenvalue weighted by Crippen LogP contribution is -2.08. The third-order valence-electron chi connectivity index (χ3n) is 2.58. The van der Waals surface area contributed by atoms with E-state index in [1.54, 1.807) is 30.3 Å². The predicted molar refractivity (Wildman–Crippen MR) is 72.8 cm³/mol. The summed E-state index contributed by atoms with van der Waals surface area (Å²) in [7, 11) is 1.23. The van der Waals surface area contributed by atoms with E-state index in [1.807, 2.05) is 0 Å². The van der Waals surface area contributed by atoms with E-state index in [4.69, 9.17) is 9.47 Å².